The van der Waals surface area contributed by atoms with E-state index in [4.69, 9.17) is 27.9 Å². The molecule has 0 saturated carbocycles. The molecule has 0 aliphatic carbocycles. The lowest BCUT2D eigenvalue weighted by molar-refractivity contribution is 0.276. The number of hydrogen-bond donors (Lipinski definition) is 2. The van der Waals surface area contributed by atoms with Crippen molar-refractivity contribution in [3.8, 4) is 5.75 Å². The van der Waals surface area contributed by atoms with Crippen LogP contribution in [-0.4, -0.2) is 18.8 Å². The van der Waals surface area contributed by atoms with Crippen LogP contribution in [0.25, 0.3) is 0 Å². The van der Waals surface area contributed by atoms with Crippen molar-refractivity contribution in [2.24, 2.45) is 0 Å². The van der Waals surface area contributed by atoms with Gasteiger partial charge in [0.25, 0.3) is 0 Å². The number of anilines is 1. The molecule has 0 fully saturated rings. The standard InChI is InChI=1S/C15H15Cl2NO2/c1-20-15-5-3-2-4-13(15)18-14(9-19)10-6-7-11(16)12(17)8-10/h2-8,14,18-19H,9H2,1H3. The molecule has 5 heteroatoms. The van der Waals surface area contributed by atoms with E-state index in [9.17, 15) is 5.11 Å². The minimum Gasteiger partial charge on any atom is -0.495 e. The summed E-state index contributed by atoms with van der Waals surface area (Å²) in [4.78, 5) is 0. The highest BCUT2D eigenvalue weighted by Gasteiger charge is 2.13. The second-order valence-electron chi connectivity index (χ2n) is 4.25. The molecule has 0 spiro atoms. The molecular formula is C15H15Cl2NO2. The van der Waals surface area contributed by atoms with Gasteiger partial charge in [0.2, 0.25) is 0 Å². The Morgan fingerprint density at radius 2 is 1.90 bits per heavy atom. The highest BCUT2D eigenvalue weighted by Crippen LogP contribution is 2.30. The van der Waals surface area contributed by atoms with E-state index in [0.717, 1.165) is 11.3 Å². The van der Waals surface area contributed by atoms with Gasteiger partial charge in [-0.25, -0.2) is 0 Å². The summed E-state index contributed by atoms with van der Waals surface area (Å²) in [5.41, 5.74) is 1.66. The van der Waals surface area contributed by atoms with E-state index in [0.29, 0.717) is 15.8 Å². The summed E-state index contributed by atoms with van der Waals surface area (Å²) >= 11 is 11.9. The first-order valence-electron chi connectivity index (χ1n) is 6.11. The molecule has 20 heavy (non-hydrogen) atoms. The highest BCUT2D eigenvalue weighted by molar-refractivity contribution is 6.42. The molecule has 0 bridgehead atoms. The third-order valence-corrected chi connectivity index (χ3v) is 3.70. The number of aliphatic hydroxyl groups excluding tert-OH is 1. The Morgan fingerprint density at radius 3 is 2.55 bits per heavy atom. The molecule has 0 aliphatic heterocycles. The molecule has 106 valence electrons. The van der Waals surface area contributed by atoms with Gasteiger partial charge in [-0.3, -0.25) is 0 Å². The molecular weight excluding hydrogens is 297 g/mol. The number of para-hydroxylation sites is 2. The fourth-order valence-corrected chi connectivity index (χ4v) is 2.22. The molecule has 2 N–H and O–H groups in total. The SMILES string of the molecule is COc1ccccc1NC(CO)c1ccc(Cl)c(Cl)c1. The number of benzene rings is 2. The maximum atomic E-state index is 9.59. The number of ether oxygens (including phenoxy) is 1. The van der Waals surface area contributed by atoms with Crippen LogP contribution in [0.3, 0.4) is 0 Å². The second-order valence-corrected chi connectivity index (χ2v) is 5.07. The first-order chi connectivity index (χ1) is 9.65. The van der Waals surface area contributed by atoms with E-state index in [1.807, 2.05) is 30.3 Å². The van der Waals surface area contributed by atoms with Crippen LogP contribution in [0.15, 0.2) is 42.5 Å². The van der Waals surface area contributed by atoms with Crippen LogP contribution in [-0.2, 0) is 0 Å². The predicted octanol–water partition coefficient (Wildman–Crippen LogP) is 4.15. The van der Waals surface area contributed by atoms with Crippen LogP contribution in [0.1, 0.15) is 11.6 Å². The van der Waals surface area contributed by atoms with Crippen molar-refractivity contribution in [1.29, 1.82) is 0 Å². The van der Waals surface area contributed by atoms with Crippen molar-refractivity contribution < 1.29 is 9.84 Å². The topological polar surface area (TPSA) is 41.5 Å². The van der Waals surface area contributed by atoms with E-state index in [1.165, 1.54) is 0 Å². The number of nitrogens with one attached hydrogen (secondary N) is 1. The Balaban J connectivity index is 2.26. The van der Waals surface area contributed by atoms with Crippen LogP contribution >= 0.6 is 23.2 Å². The van der Waals surface area contributed by atoms with Crippen molar-refractivity contribution in [3.63, 3.8) is 0 Å². The van der Waals surface area contributed by atoms with E-state index in [2.05, 4.69) is 5.32 Å². The summed E-state index contributed by atoms with van der Waals surface area (Å²) in [5.74, 6) is 0.714. The Hall–Kier alpha value is -1.42. The lowest BCUT2D eigenvalue weighted by atomic mass is 10.1. The number of rotatable bonds is 5. The third kappa shape index (κ3) is 3.37. The molecule has 2 aromatic carbocycles. The minimum absolute atomic E-state index is 0.0734. The van der Waals surface area contributed by atoms with Gasteiger partial charge in [-0.1, -0.05) is 41.4 Å². The summed E-state index contributed by atoms with van der Waals surface area (Å²) in [6.45, 7) is -0.0734. The second kappa shape index (κ2) is 6.84. The molecule has 0 saturated heterocycles. The van der Waals surface area contributed by atoms with Gasteiger partial charge in [0.05, 0.1) is 35.5 Å². The highest BCUT2D eigenvalue weighted by atomic mass is 35.5. The minimum atomic E-state index is -0.291. The Morgan fingerprint density at radius 1 is 1.15 bits per heavy atom. The van der Waals surface area contributed by atoms with Crippen molar-refractivity contribution in [1.82, 2.24) is 0 Å². The normalized spacial score (nSPS) is 12.0. The predicted molar refractivity (Wildman–Crippen MR) is 82.9 cm³/mol. The summed E-state index contributed by atoms with van der Waals surface area (Å²) in [5, 5.41) is 13.8. The van der Waals surface area contributed by atoms with Gasteiger partial charge in [0.15, 0.2) is 0 Å². The smallest absolute Gasteiger partial charge is 0.141 e. The Bertz CT molecular complexity index is 590. The van der Waals surface area contributed by atoms with E-state index < -0.39 is 0 Å². The first-order valence-corrected chi connectivity index (χ1v) is 6.86. The summed E-state index contributed by atoms with van der Waals surface area (Å²) in [6.07, 6.45) is 0. The monoisotopic (exact) mass is 311 g/mol. The Kier molecular flexibility index (Phi) is 5.12. The molecule has 1 atom stereocenters. The zero-order valence-electron chi connectivity index (χ0n) is 10.9. The van der Waals surface area contributed by atoms with Crippen LogP contribution < -0.4 is 10.1 Å². The average Bonchev–Trinajstić information content (AvgIpc) is 2.48. The molecule has 2 rings (SSSR count). The fraction of sp³-hybridized carbons (Fsp3) is 0.200. The lowest BCUT2D eigenvalue weighted by Crippen LogP contribution is -2.15. The van der Waals surface area contributed by atoms with Gasteiger partial charge in [0, 0.05) is 0 Å². The maximum absolute atomic E-state index is 9.59. The lowest BCUT2D eigenvalue weighted by Gasteiger charge is -2.20. The molecule has 0 amide bonds. The van der Waals surface area contributed by atoms with E-state index >= 15 is 0 Å². The van der Waals surface area contributed by atoms with Crippen LogP contribution in [0.5, 0.6) is 5.75 Å². The average molecular weight is 312 g/mol. The van der Waals surface area contributed by atoms with Gasteiger partial charge in [-0.2, -0.15) is 0 Å². The van der Waals surface area contributed by atoms with E-state index in [1.54, 1.807) is 19.2 Å². The zero-order valence-corrected chi connectivity index (χ0v) is 12.4. The molecule has 3 nitrogen and oxygen atoms in total. The number of aliphatic hydroxyl groups is 1. The van der Waals surface area contributed by atoms with Crippen LogP contribution in [0, 0.1) is 0 Å². The van der Waals surface area contributed by atoms with Gasteiger partial charge < -0.3 is 15.2 Å². The van der Waals surface area contributed by atoms with Crippen molar-refractivity contribution in [2.75, 3.05) is 19.0 Å². The zero-order chi connectivity index (χ0) is 14.5. The molecule has 0 aliphatic rings. The van der Waals surface area contributed by atoms with E-state index in [-0.39, 0.29) is 12.6 Å². The number of halogens is 2. The molecule has 0 aromatic heterocycles. The van der Waals surface area contributed by atoms with Gasteiger partial charge in [0.1, 0.15) is 5.75 Å². The molecule has 0 radical (unpaired) electrons. The Labute approximate surface area is 128 Å². The molecule has 2 aromatic rings. The van der Waals surface area contributed by atoms with Crippen LogP contribution in [0.2, 0.25) is 10.0 Å². The summed E-state index contributed by atoms with van der Waals surface area (Å²) in [7, 11) is 1.60. The maximum Gasteiger partial charge on any atom is 0.141 e. The van der Waals surface area contributed by atoms with Crippen molar-refractivity contribution in [3.05, 3.63) is 58.1 Å². The van der Waals surface area contributed by atoms with Gasteiger partial charge in [-0.15, -0.1) is 0 Å². The summed E-state index contributed by atoms with van der Waals surface area (Å²) < 4.78 is 5.28. The quantitative estimate of drug-likeness (QED) is 0.871. The fourth-order valence-electron chi connectivity index (χ4n) is 1.92. The van der Waals surface area contributed by atoms with Gasteiger partial charge >= 0.3 is 0 Å². The summed E-state index contributed by atoms with van der Waals surface area (Å²) in [6, 6.07) is 12.5. The largest absolute Gasteiger partial charge is 0.495 e. The third-order valence-electron chi connectivity index (χ3n) is 2.97. The first kappa shape index (κ1) is 15.0. The van der Waals surface area contributed by atoms with Crippen LogP contribution in [0.4, 0.5) is 5.69 Å². The van der Waals surface area contributed by atoms with Gasteiger partial charge in [-0.05, 0) is 29.8 Å². The molecule has 0 heterocycles. The number of methoxy groups -OCH3 is 1. The van der Waals surface area contributed by atoms with Crippen molar-refractivity contribution >= 4 is 28.9 Å². The number of hydrogen-bond acceptors (Lipinski definition) is 3. The van der Waals surface area contributed by atoms with Crippen molar-refractivity contribution in [2.45, 2.75) is 6.04 Å². The molecule has 1 unspecified atom stereocenters.